The molecule has 3 heteroatoms. The lowest BCUT2D eigenvalue weighted by atomic mass is 10.0. The van der Waals surface area contributed by atoms with Gasteiger partial charge in [-0.15, -0.1) is 9.60 Å². The predicted molar refractivity (Wildman–Crippen MR) is 50.9 cm³/mol. The summed E-state index contributed by atoms with van der Waals surface area (Å²) in [6, 6.07) is 0.731. The standard InChI is InChI=1S/C10H20FN2/c1-13(8-2-3-9-13)10-4-6-12(11)7-5-10/h10H,2-9H2,1H3/q+1. The van der Waals surface area contributed by atoms with Crippen LogP contribution in [0, 0.1) is 0 Å². The van der Waals surface area contributed by atoms with Crippen molar-refractivity contribution < 1.29 is 8.96 Å². The third-order valence-electron chi connectivity index (χ3n) is 3.88. The molecule has 0 aliphatic carbocycles. The molecule has 0 spiro atoms. The molecule has 0 bridgehead atoms. The van der Waals surface area contributed by atoms with Gasteiger partial charge < -0.3 is 4.48 Å². The number of hydrogen-bond donors (Lipinski definition) is 0. The molecule has 76 valence electrons. The van der Waals surface area contributed by atoms with Gasteiger partial charge in [0, 0.05) is 38.8 Å². The Labute approximate surface area is 79.8 Å². The lowest BCUT2D eigenvalue weighted by Gasteiger charge is -2.41. The van der Waals surface area contributed by atoms with E-state index in [0.29, 0.717) is 13.1 Å². The molecule has 13 heavy (non-hydrogen) atoms. The summed E-state index contributed by atoms with van der Waals surface area (Å²) < 4.78 is 14.0. The van der Waals surface area contributed by atoms with E-state index in [9.17, 15) is 4.48 Å². The van der Waals surface area contributed by atoms with E-state index in [4.69, 9.17) is 0 Å². The minimum Gasteiger partial charge on any atom is -0.324 e. The van der Waals surface area contributed by atoms with E-state index < -0.39 is 0 Å². The molecule has 2 nitrogen and oxygen atoms in total. The van der Waals surface area contributed by atoms with Crippen molar-refractivity contribution >= 4 is 0 Å². The van der Waals surface area contributed by atoms with Crippen molar-refractivity contribution in [2.45, 2.75) is 31.7 Å². The highest BCUT2D eigenvalue weighted by Crippen LogP contribution is 2.27. The van der Waals surface area contributed by atoms with E-state index in [1.165, 1.54) is 30.4 Å². The number of piperidine rings is 1. The van der Waals surface area contributed by atoms with Crippen molar-refractivity contribution in [3.63, 3.8) is 0 Å². The molecule has 0 aromatic carbocycles. The summed E-state index contributed by atoms with van der Waals surface area (Å²) in [6.07, 6.45) is 4.83. The maximum absolute atomic E-state index is 12.8. The molecule has 0 N–H and O–H groups in total. The van der Waals surface area contributed by atoms with Crippen LogP contribution in [-0.4, -0.2) is 48.9 Å². The Bertz CT molecular complexity index is 170. The molecular weight excluding hydrogens is 167 g/mol. The fourth-order valence-corrected chi connectivity index (χ4v) is 2.88. The monoisotopic (exact) mass is 187 g/mol. The molecule has 0 amide bonds. The SMILES string of the molecule is C[N+]1(C2CCN(F)CC2)CCCC1. The van der Waals surface area contributed by atoms with Crippen LogP contribution in [0.25, 0.3) is 0 Å². The Kier molecular flexibility index (Phi) is 2.56. The van der Waals surface area contributed by atoms with Gasteiger partial charge in [-0.2, -0.15) is 0 Å². The Hall–Kier alpha value is -0.150. The largest absolute Gasteiger partial charge is 0.324 e. The Morgan fingerprint density at radius 1 is 1.15 bits per heavy atom. The first kappa shape index (κ1) is 9.41. The van der Waals surface area contributed by atoms with Crippen molar-refractivity contribution in [3.8, 4) is 0 Å². The van der Waals surface area contributed by atoms with Crippen molar-refractivity contribution in [1.82, 2.24) is 5.12 Å². The van der Waals surface area contributed by atoms with Gasteiger partial charge in [0.1, 0.15) is 0 Å². The highest BCUT2D eigenvalue weighted by atomic mass is 19.2. The molecule has 2 heterocycles. The highest BCUT2D eigenvalue weighted by Gasteiger charge is 2.37. The van der Waals surface area contributed by atoms with Crippen LogP contribution in [0.3, 0.4) is 0 Å². The zero-order chi connectivity index (χ0) is 9.31. The molecule has 2 aliphatic heterocycles. The molecule has 2 saturated heterocycles. The average Bonchev–Trinajstić information content (AvgIpc) is 2.54. The van der Waals surface area contributed by atoms with Crippen molar-refractivity contribution in [2.75, 3.05) is 33.2 Å². The quantitative estimate of drug-likeness (QED) is 0.445. The Morgan fingerprint density at radius 2 is 1.69 bits per heavy atom. The van der Waals surface area contributed by atoms with E-state index in [1.54, 1.807) is 0 Å². The van der Waals surface area contributed by atoms with Gasteiger partial charge in [0.15, 0.2) is 0 Å². The summed E-state index contributed by atoms with van der Waals surface area (Å²) in [5, 5.41) is 0.971. The third-order valence-corrected chi connectivity index (χ3v) is 3.88. The van der Waals surface area contributed by atoms with E-state index in [1.807, 2.05) is 0 Å². The van der Waals surface area contributed by atoms with Gasteiger partial charge in [-0.05, 0) is 0 Å². The third kappa shape index (κ3) is 1.86. The van der Waals surface area contributed by atoms with Crippen LogP contribution >= 0.6 is 0 Å². The number of quaternary nitrogens is 1. The minimum atomic E-state index is 0.651. The van der Waals surface area contributed by atoms with Crippen LogP contribution in [0.5, 0.6) is 0 Å². The summed E-state index contributed by atoms with van der Waals surface area (Å²) in [4.78, 5) is 0. The summed E-state index contributed by atoms with van der Waals surface area (Å²) in [5.41, 5.74) is 0. The smallest absolute Gasteiger partial charge is 0.0914 e. The van der Waals surface area contributed by atoms with Gasteiger partial charge in [-0.25, -0.2) is 0 Å². The average molecular weight is 187 g/mol. The van der Waals surface area contributed by atoms with Crippen LogP contribution in [-0.2, 0) is 0 Å². The van der Waals surface area contributed by atoms with Crippen molar-refractivity contribution in [2.24, 2.45) is 0 Å². The van der Waals surface area contributed by atoms with Crippen molar-refractivity contribution in [3.05, 3.63) is 0 Å². The van der Waals surface area contributed by atoms with E-state index in [0.717, 1.165) is 24.0 Å². The van der Waals surface area contributed by atoms with Gasteiger partial charge >= 0.3 is 0 Å². The first-order valence-corrected chi connectivity index (χ1v) is 5.46. The molecule has 2 fully saturated rings. The normalized spacial score (nSPS) is 30.9. The molecule has 0 saturated carbocycles. The van der Waals surface area contributed by atoms with Gasteiger partial charge in [0.25, 0.3) is 0 Å². The molecular formula is C10H20FN2+. The predicted octanol–water partition coefficient (Wildman–Crippen LogP) is 1.58. The number of hydrogen-bond acceptors (Lipinski definition) is 1. The molecule has 2 aliphatic rings. The van der Waals surface area contributed by atoms with Gasteiger partial charge in [0.05, 0.1) is 26.2 Å². The lowest BCUT2D eigenvalue weighted by Crippen LogP contribution is -2.53. The van der Waals surface area contributed by atoms with E-state index in [-0.39, 0.29) is 0 Å². The molecule has 0 atom stereocenters. The minimum absolute atomic E-state index is 0.651. The van der Waals surface area contributed by atoms with Crippen molar-refractivity contribution in [1.29, 1.82) is 0 Å². The molecule has 0 aromatic heterocycles. The first-order chi connectivity index (χ1) is 6.21. The fraction of sp³-hybridized carbons (Fsp3) is 1.00. The second-order valence-corrected chi connectivity index (χ2v) is 4.77. The number of likely N-dealkylation sites (tertiary alicyclic amines) is 1. The zero-order valence-electron chi connectivity index (χ0n) is 8.51. The summed E-state index contributed by atoms with van der Waals surface area (Å²) >= 11 is 0. The Morgan fingerprint density at radius 3 is 2.23 bits per heavy atom. The lowest BCUT2D eigenvalue weighted by molar-refractivity contribution is -0.923. The fourth-order valence-electron chi connectivity index (χ4n) is 2.88. The number of halogens is 1. The van der Waals surface area contributed by atoms with Crippen LogP contribution in [0.2, 0.25) is 0 Å². The van der Waals surface area contributed by atoms with E-state index in [2.05, 4.69) is 7.05 Å². The number of rotatable bonds is 1. The maximum Gasteiger partial charge on any atom is 0.0914 e. The maximum atomic E-state index is 12.8. The second-order valence-electron chi connectivity index (χ2n) is 4.77. The molecule has 0 unspecified atom stereocenters. The summed E-state index contributed by atoms with van der Waals surface area (Å²) in [5.74, 6) is 0. The summed E-state index contributed by atoms with van der Waals surface area (Å²) in [6.45, 7) is 3.94. The van der Waals surface area contributed by atoms with Crippen LogP contribution < -0.4 is 0 Å². The van der Waals surface area contributed by atoms with Crippen LogP contribution in [0.15, 0.2) is 0 Å². The summed E-state index contributed by atoms with van der Waals surface area (Å²) in [7, 11) is 2.35. The highest BCUT2D eigenvalue weighted by molar-refractivity contribution is 4.71. The van der Waals surface area contributed by atoms with Gasteiger partial charge in [-0.1, -0.05) is 0 Å². The molecule has 2 rings (SSSR count). The zero-order valence-corrected chi connectivity index (χ0v) is 8.51. The topological polar surface area (TPSA) is 3.24 Å². The van der Waals surface area contributed by atoms with Gasteiger partial charge in [-0.3, -0.25) is 0 Å². The molecule has 0 radical (unpaired) electrons. The van der Waals surface area contributed by atoms with Crippen LogP contribution in [0.4, 0.5) is 4.48 Å². The molecule has 0 aromatic rings. The van der Waals surface area contributed by atoms with Gasteiger partial charge in [0.2, 0.25) is 0 Å². The second kappa shape index (κ2) is 3.54. The number of nitrogens with zero attached hydrogens (tertiary/aromatic N) is 2. The van der Waals surface area contributed by atoms with Crippen LogP contribution in [0.1, 0.15) is 25.7 Å². The Balaban J connectivity index is 1.93. The first-order valence-electron chi connectivity index (χ1n) is 5.46. The van der Waals surface area contributed by atoms with E-state index >= 15 is 0 Å².